The van der Waals surface area contributed by atoms with Crippen molar-refractivity contribution in [1.82, 2.24) is 13.5 Å². The molecule has 0 aliphatic carbocycles. The standard InChI is InChI=1S/C18H27N3O5S2/c1-15-6-3-4-9-21(15)28(25,26)17-8-5-7-16(14-17)18(22)19-10-12-20(13-11-19)27(2,23)24/h5,7-8,14-15H,3-4,6,9-13H2,1-2H3. The van der Waals surface area contributed by atoms with Gasteiger partial charge in [0.05, 0.1) is 11.2 Å². The minimum absolute atomic E-state index is 0.0535. The number of benzene rings is 1. The fraction of sp³-hybridized carbons (Fsp3) is 0.611. The minimum Gasteiger partial charge on any atom is -0.336 e. The summed E-state index contributed by atoms with van der Waals surface area (Å²) in [6, 6.07) is 6.09. The molecule has 2 aliphatic heterocycles. The van der Waals surface area contributed by atoms with E-state index in [1.807, 2.05) is 6.92 Å². The van der Waals surface area contributed by atoms with E-state index in [1.54, 1.807) is 17.0 Å². The van der Waals surface area contributed by atoms with E-state index in [1.165, 1.54) is 20.7 Å². The molecule has 1 amide bonds. The second-order valence-corrected chi connectivity index (χ2v) is 11.3. The van der Waals surface area contributed by atoms with Crippen molar-refractivity contribution in [1.29, 1.82) is 0 Å². The molecule has 0 saturated carbocycles. The Morgan fingerprint density at radius 1 is 1.00 bits per heavy atom. The molecule has 0 spiro atoms. The maximum absolute atomic E-state index is 13.0. The highest BCUT2D eigenvalue weighted by Gasteiger charge is 2.32. The zero-order valence-corrected chi connectivity index (χ0v) is 17.9. The Morgan fingerprint density at radius 2 is 1.68 bits per heavy atom. The second kappa shape index (κ2) is 8.10. The van der Waals surface area contributed by atoms with Crippen LogP contribution in [0.25, 0.3) is 0 Å². The molecule has 2 heterocycles. The molecule has 2 aliphatic rings. The Morgan fingerprint density at radius 3 is 2.29 bits per heavy atom. The number of nitrogens with zero attached hydrogens (tertiary/aromatic N) is 3. The quantitative estimate of drug-likeness (QED) is 0.711. The van der Waals surface area contributed by atoms with Gasteiger partial charge in [-0.25, -0.2) is 16.8 Å². The molecule has 28 heavy (non-hydrogen) atoms. The lowest BCUT2D eigenvalue weighted by atomic mass is 10.1. The van der Waals surface area contributed by atoms with Gasteiger partial charge in [0, 0.05) is 44.3 Å². The van der Waals surface area contributed by atoms with Crippen LogP contribution in [0.15, 0.2) is 29.2 Å². The highest BCUT2D eigenvalue weighted by atomic mass is 32.2. The number of carbonyl (C=O) groups excluding carboxylic acids is 1. The van der Waals surface area contributed by atoms with Crippen molar-refractivity contribution in [2.75, 3.05) is 39.0 Å². The van der Waals surface area contributed by atoms with Crippen LogP contribution in [0.5, 0.6) is 0 Å². The minimum atomic E-state index is -3.65. The molecular formula is C18H27N3O5S2. The van der Waals surface area contributed by atoms with E-state index in [0.717, 1.165) is 25.5 Å². The first-order valence-electron chi connectivity index (χ1n) is 9.47. The largest absolute Gasteiger partial charge is 0.336 e. The Labute approximate surface area is 167 Å². The van der Waals surface area contributed by atoms with Crippen LogP contribution in [0.3, 0.4) is 0 Å². The number of carbonyl (C=O) groups is 1. The first-order chi connectivity index (χ1) is 13.1. The Balaban J connectivity index is 1.77. The van der Waals surface area contributed by atoms with Crippen molar-refractivity contribution in [3.05, 3.63) is 29.8 Å². The van der Waals surface area contributed by atoms with E-state index in [2.05, 4.69) is 0 Å². The number of hydrogen-bond acceptors (Lipinski definition) is 5. The summed E-state index contributed by atoms with van der Waals surface area (Å²) < 4.78 is 52.2. The Bertz CT molecular complexity index is 938. The molecule has 10 heteroatoms. The molecular weight excluding hydrogens is 402 g/mol. The summed E-state index contributed by atoms with van der Waals surface area (Å²) in [6.07, 6.45) is 3.85. The van der Waals surface area contributed by atoms with E-state index in [9.17, 15) is 21.6 Å². The zero-order chi connectivity index (χ0) is 20.5. The van der Waals surface area contributed by atoms with Gasteiger partial charge in [0.25, 0.3) is 5.91 Å². The molecule has 1 atom stereocenters. The molecule has 156 valence electrons. The highest BCUT2D eigenvalue weighted by molar-refractivity contribution is 7.89. The summed E-state index contributed by atoms with van der Waals surface area (Å²) in [6.45, 7) is 3.46. The molecule has 1 aromatic rings. The number of rotatable bonds is 4. The predicted molar refractivity (Wildman–Crippen MR) is 106 cm³/mol. The van der Waals surface area contributed by atoms with Gasteiger partial charge in [0.2, 0.25) is 20.0 Å². The SMILES string of the molecule is CC1CCCCN1S(=O)(=O)c1cccc(C(=O)N2CCN(S(C)(=O)=O)CC2)c1. The molecule has 2 saturated heterocycles. The van der Waals surface area contributed by atoms with Gasteiger partial charge in [-0.15, -0.1) is 0 Å². The fourth-order valence-electron chi connectivity index (χ4n) is 3.76. The van der Waals surface area contributed by atoms with Crippen molar-refractivity contribution in [2.24, 2.45) is 0 Å². The molecule has 0 aromatic heterocycles. The normalized spacial score (nSPS) is 22.9. The van der Waals surface area contributed by atoms with Gasteiger partial charge in [-0.2, -0.15) is 8.61 Å². The second-order valence-electron chi connectivity index (χ2n) is 7.44. The summed E-state index contributed by atoms with van der Waals surface area (Å²) in [4.78, 5) is 14.5. The third kappa shape index (κ3) is 4.40. The van der Waals surface area contributed by atoms with Crippen molar-refractivity contribution in [3.63, 3.8) is 0 Å². The first-order valence-corrected chi connectivity index (χ1v) is 12.8. The van der Waals surface area contributed by atoms with Crippen molar-refractivity contribution in [2.45, 2.75) is 37.1 Å². The van der Waals surface area contributed by atoms with E-state index in [4.69, 9.17) is 0 Å². The topological polar surface area (TPSA) is 95.1 Å². The molecule has 1 aromatic carbocycles. The third-order valence-electron chi connectivity index (χ3n) is 5.42. The third-order valence-corrected chi connectivity index (χ3v) is 8.74. The molecule has 0 bridgehead atoms. The van der Waals surface area contributed by atoms with Gasteiger partial charge in [0.1, 0.15) is 0 Å². The van der Waals surface area contributed by atoms with Gasteiger partial charge in [0.15, 0.2) is 0 Å². The van der Waals surface area contributed by atoms with Gasteiger partial charge >= 0.3 is 0 Å². The molecule has 0 radical (unpaired) electrons. The monoisotopic (exact) mass is 429 g/mol. The summed E-state index contributed by atoms with van der Waals surface area (Å²) in [7, 11) is -6.92. The van der Waals surface area contributed by atoms with Crippen molar-refractivity contribution < 1.29 is 21.6 Å². The van der Waals surface area contributed by atoms with Crippen LogP contribution >= 0.6 is 0 Å². The Hall–Kier alpha value is -1.49. The average molecular weight is 430 g/mol. The lowest BCUT2D eigenvalue weighted by Crippen LogP contribution is -2.50. The summed E-state index contributed by atoms with van der Waals surface area (Å²) >= 11 is 0. The molecule has 0 N–H and O–H groups in total. The summed E-state index contributed by atoms with van der Waals surface area (Å²) in [5.41, 5.74) is 0.304. The lowest BCUT2D eigenvalue weighted by Gasteiger charge is -2.33. The van der Waals surface area contributed by atoms with Gasteiger partial charge < -0.3 is 4.90 Å². The van der Waals surface area contributed by atoms with E-state index >= 15 is 0 Å². The van der Waals surface area contributed by atoms with E-state index in [-0.39, 0.29) is 43.0 Å². The van der Waals surface area contributed by atoms with Gasteiger partial charge in [-0.05, 0) is 38.0 Å². The first kappa shape index (κ1) is 21.2. The van der Waals surface area contributed by atoms with Crippen LogP contribution in [0.4, 0.5) is 0 Å². The van der Waals surface area contributed by atoms with E-state index < -0.39 is 20.0 Å². The predicted octanol–water partition coefficient (Wildman–Crippen LogP) is 0.967. The van der Waals surface area contributed by atoms with Crippen LogP contribution < -0.4 is 0 Å². The molecule has 3 rings (SSSR count). The number of piperazine rings is 1. The number of amides is 1. The average Bonchev–Trinajstić information content (AvgIpc) is 2.67. The molecule has 2 fully saturated rings. The van der Waals surface area contributed by atoms with Gasteiger partial charge in [-0.1, -0.05) is 12.5 Å². The fourth-order valence-corrected chi connectivity index (χ4v) is 6.33. The number of sulfonamides is 2. The summed E-state index contributed by atoms with van der Waals surface area (Å²) in [5, 5.41) is 0. The smallest absolute Gasteiger partial charge is 0.253 e. The van der Waals surface area contributed by atoms with Crippen LogP contribution in [-0.4, -0.2) is 81.3 Å². The number of piperidine rings is 1. The van der Waals surface area contributed by atoms with Crippen LogP contribution in [0.1, 0.15) is 36.5 Å². The van der Waals surface area contributed by atoms with Crippen LogP contribution in [-0.2, 0) is 20.0 Å². The van der Waals surface area contributed by atoms with Gasteiger partial charge in [-0.3, -0.25) is 4.79 Å². The van der Waals surface area contributed by atoms with Crippen molar-refractivity contribution >= 4 is 26.0 Å². The van der Waals surface area contributed by atoms with Crippen LogP contribution in [0.2, 0.25) is 0 Å². The van der Waals surface area contributed by atoms with Crippen molar-refractivity contribution in [3.8, 4) is 0 Å². The molecule has 1 unspecified atom stereocenters. The van der Waals surface area contributed by atoms with Crippen LogP contribution in [0, 0.1) is 0 Å². The summed E-state index contributed by atoms with van der Waals surface area (Å²) in [5.74, 6) is -0.281. The number of hydrogen-bond donors (Lipinski definition) is 0. The maximum Gasteiger partial charge on any atom is 0.253 e. The maximum atomic E-state index is 13.0. The lowest BCUT2D eigenvalue weighted by molar-refractivity contribution is 0.0698. The highest BCUT2D eigenvalue weighted by Crippen LogP contribution is 2.26. The molecule has 8 nitrogen and oxygen atoms in total. The zero-order valence-electron chi connectivity index (χ0n) is 16.2. The Kier molecular flexibility index (Phi) is 6.14. The van der Waals surface area contributed by atoms with E-state index in [0.29, 0.717) is 12.1 Å².